The first-order chi connectivity index (χ1) is 19.9. The van der Waals surface area contributed by atoms with Gasteiger partial charge in [-0.05, 0) is 12.1 Å². The maximum Gasteiger partial charge on any atom is 0.259 e. The van der Waals surface area contributed by atoms with Gasteiger partial charge in [-0.15, -0.1) is 5.10 Å². The number of likely N-dealkylation sites (N-methyl/N-ethyl adjacent to an activating group) is 1. The second-order valence-corrected chi connectivity index (χ2v) is 10.0. The highest BCUT2D eigenvalue weighted by Gasteiger charge is 2.23. The van der Waals surface area contributed by atoms with E-state index in [1.54, 1.807) is 18.4 Å². The number of benzene rings is 1. The number of fused-ring (bicyclic) bond motifs is 1. The Morgan fingerprint density at radius 1 is 1.15 bits per heavy atom. The lowest BCUT2D eigenvalue weighted by molar-refractivity contribution is 0.0586. The maximum atomic E-state index is 14.7. The molecule has 1 unspecified atom stereocenters. The summed E-state index contributed by atoms with van der Waals surface area (Å²) in [4.78, 5) is 19.4. The van der Waals surface area contributed by atoms with Crippen molar-refractivity contribution in [2.45, 2.75) is 6.04 Å². The van der Waals surface area contributed by atoms with E-state index in [9.17, 15) is 8.78 Å². The van der Waals surface area contributed by atoms with E-state index in [-0.39, 0.29) is 24.3 Å². The van der Waals surface area contributed by atoms with Gasteiger partial charge >= 0.3 is 0 Å². The largest absolute Gasteiger partial charge is 0.489 e. The van der Waals surface area contributed by atoms with E-state index < -0.39 is 11.6 Å². The molecule has 0 bridgehead atoms. The van der Waals surface area contributed by atoms with Gasteiger partial charge in [-0.2, -0.15) is 19.5 Å². The van der Waals surface area contributed by atoms with Crippen LogP contribution in [0.5, 0.6) is 5.75 Å². The number of hydrogen-bond acceptors (Lipinski definition) is 12. The smallest absolute Gasteiger partial charge is 0.259 e. The first kappa shape index (κ1) is 27.1. The molecule has 15 heteroatoms. The lowest BCUT2D eigenvalue weighted by Crippen LogP contribution is -2.48. The zero-order valence-electron chi connectivity index (χ0n) is 22.7. The first-order valence-electron chi connectivity index (χ1n) is 13.5. The van der Waals surface area contributed by atoms with Crippen LogP contribution in [0, 0.1) is 11.6 Å². The number of morpholine rings is 1. The molecule has 218 valence electrons. The van der Waals surface area contributed by atoms with Gasteiger partial charge in [-0.25, -0.2) is 8.78 Å². The van der Waals surface area contributed by atoms with Crippen molar-refractivity contribution in [3.63, 3.8) is 0 Å². The number of halogens is 2. The molecule has 3 N–H and O–H groups in total. The molecule has 2 saturated heterocycles. The van der Waals surface area contributed by atoms with Crippen molar-refractivity contribution in [1.29, 1.82) is 0 Å². The number of ether oxygens (including phenoxy) is 2. The molecular formula is C26H32F2N10O3. The van der Waals surface area contributed by atoms with Crippen LogP contribution in [0.2, 0.25) is 0 Å². The fourth-order valence-electron chi connectivity index (χ4n) is 4.87. The predicted octanol–water partition coefficient (Wildman–Crippen LogP) is 1.27. The monoisotopic (exact) mass is 570 g/mol. The minimum absolute atomic E-state index is 0.0299. The average molecular weight is 571 g/mol. The van der Waals surface area contributed by atoms with Crippen molar-refractivity contribution >= 4 is 23.4 Å². The summed E-state index contributed by atoms with van der Waals surface area (Å²) in [7, 11) is 1.88. The SMILES string of the molecule is CN(CCN1CCN(c2cc(OCC3COCCN3)c(F)cc2F)CC1)c1nc(N)n2nc(-c3ccco3)nc2n1. The highest BCUT2D eigenvalue weighted by Crippen LogP contribution is 2.29. The van der Waals surface area contributed by atoms with Crippen molar-refractivity contribution in [3.8, 4) is 17.3 Å². The van der Waals surface area contributed by atoms with Gasteiger partial charge in [-0.1, -0.05) is 0 Å². The van der Waals surface area contributed by atoms with Crippen molar-refractivity contribution < 1.29 is 22.7 Å². The Labute approximate surface area is 234 Å². The quantitative estimate of drug-likeness (QED) is 0.300. The van der Waals surface area contributed by atoms with Crippen molar-refractivity contribution in [3.05, 3.63) is 42.2 Å². The third-order valence-electron chi connectivity index (χ3n) is 7.21. The maximum absolute atomic E-state index is 14.7. The van der Waals surface area contributed by atoms with E-state index >= 15 is 0 Å². The van der Waals surface area contributed by atoms with Gasteiger partial charge in [0, 0.05) is 65.0 Å². The summed E-state index contributed by atoms with van der Waals surface area (Å²) in [6, 6.07) is 5.83. The number of aromatic nitrogens is 5. The summed E-state index contributed by atoms with van der Waals surface area (Å²) in [6.45, 7) is 6.08. The number of rotatable bonds is 9. The zero-order valence-corrected chi connectivity index (χ0v) is 22.7. The number of nitrogens with zero attached hydrogens (tertiary/aromatic N) is 8. The molecule has 5 heterocycles. The van der Waals surface area contributed by atoms with Gasteiger partial charge in [-0.3, -0.25) is 4.90 Å². The molecule has 2 aliphatic rings. The summed E-state index contributed by atoms with van der Waals surface area (Å²) in [5.41, 5.74) is 6.46. The van der Waals surface area contributed by atoms with Crippen molar-refractivity contribution in [1.82, 2.24) is 34.8 Å². The molecular weight excluding hydrogens is 538 g/mol. The van der Waals surface area contributed by atoms with E-state index in [0.29, 0.717) is 74.9 Å². The Hall–Kier alpha value is -4.08. The van der Waals surface area contributed by atoms with Gasteiger partial charge in [0.25, 0.3) is 5.78 Å². The molecule has 3 aromatic heterocycles. The molecule has 0 radical (unpaired) electrons. The average Bonchev–Trinajstić information content (AvgIpc) is 3.67. The highest BCUT2D eigenvalue weighted by atomic mass is 19.1. The van der Waals surface area contributed by atoms with E-state index in [1.165, 1.54) is 10.6 Å². The lowest BCUT2D eigenvalue weighted by Gasteiger charge is -2.37. The molecule has 2 fully saturated rings. The first-order valence-corrected chi connectivity index (χ1v) is 13.5. The lowest BCUT2D eigenvalue weighted by atomic mass is 10.2. The van der Waals surface area contributed by atoms with Crippen LogP contribution < -0.4 is 25.6 Å². The highest BCUT2D eigenvalue weighted by molar-refractivity contribution is 5.54. The van der Waals surface area contributed by atoms with Crippen molar-refractivity contribution in [2.75, 3.05) is 88.2 Å². The Balaban J connectivity index is 1.03. The number of hydrogen-bond donors (Lipinski definition) is 2. The molecule has 4 aromatic rings. The summed E-state index contributed by atoms with van der Waals surface area (Å²) in [5, 5.41) is 7.58. The van der Waals surface area contributed by atoms with Gasteiger partial charge in [0.2, 0.25) is 17.7 Å². The second kappa shape index (κ2) is 11.8. The number of anilines is 3. The molecule has 0 spiro atoms. The molecule has 0 amide bonds. The zero-order chi connectivity index (χ0) is 28.3. The molecule has 41 heavy (non-hydrogen) atoms. The van der Waals surface area contributed by atoms with E-state index in [2.05, 4.69) is 30.3 Å². The molecule has 6 rings (SSSR count). The molecule has 0 saturated carbocycles. The summed E-state index contributed by atoms with van der Waals surface area (Å²) >= 11 is 0. The van der Waals surface area contributed by atoms with E-state index in [0.717, 1.165) is 19.2 Å². The fourth-order valence-corrected chi connectivity index (χ4v) is 4.87. The Morgan fingerprint density at radius 3 is 2.76 bits per heavy atom. The van der Waals surface area contributed by atoms with Crippen LogP contribution in [0.1, 0.15) is 0 Å². The van der Waals surface area contributed by atoms with Crippen LogP contribution in [0.25, 0.3) is 17.4 Å². The normalized spacial score (nSPS) is 18.2. The van der Waals surface area contributed by atoms with E-state index in [4.69, 9.17) is 19.6 Å². The van der Waals surface area contributed by atoms with Gasteiger partial charge in [0.05, 0.1) is 31.2 Å². The van der Waals surface area contributed by atoms with Crippen LogP contribution in [-0.2, 0) is 4.74 Å². The number of nitrogens with two attached hydrogens (primary N) is 1. The summed E-state index contributed by atoms with van der Waals surface area (Å²) in [5.74, 6) is 0.544. The molecule has 13 nitrogen and oxygen atoms in total. The topological polar surface area (TPSA) is 135 Å². The number of piperazine rings is 1. The third kappa shape index (κ3) is 6.01. The van der Waals surface area contributed by atoms with Crippen molar-refractivity contribution in [2.24, 2.45) is 0 Å². The van der Waals surface area contributed by atoms with Crippen LogP contribution in [-0.4, -0.2) is 108 Å². The Morgan fingerprint density at radius 2 is 2.00 bits per heavy atom. The standard InChI is InChI=1S/C26H32F2N10O3/c1-35(25-32-24(29)38-26(33-25)31-23(34-38)21-3-2-11-40-21)5-6-36-7-9-37(10-8-36)20-14-22(19(28)13-18(20)27)41-16-17-15-39-12-4-30-17/h2-3,11,13-14,17,30H,4-10,12,15-16H2,1H3,(H2,29,31,32,33,34). The van der Waals surface area contributed by atoms with Crippen LogP contribution in [0.15, 0.2) is 34.9 Å². The second-order valence-electron chi connectivity index (χ2n) is 10.0. The van der Waals surface area contributed by atoms with Gasteiger partial charge in [0.15, 0.2) is 17.3 Å². The molecule has 1 atom stereocenters. The molecule has 1 aromatic carbocycles. The molecule has 0 aliphatic carbocycles. The molecule has 2 aliphatic heterocycles. The summed E-state index contributed by atoms with van der Waals surface area (Å²) < 4.78 is 47.0. The minimum Gasteiger partial charge on any atom is -0.489 e. The van der Waals surface area contributed by atoms with Gasteiger partial charge in [0.1, 0.15) is 12.4 Å². The summed E-state index contributed by atoms with van der Waals surface area (Å²) in [6.07, 6.45) is 1.55. The van der Waals surface area contributed by atoms with Crippen LogP contribution >= 0.6 is 0 Å². The minimum atomic E-state index is -0.714. The van der Waals surface area contributed by atoms with Crippen LogP contribution in [0.3, 0.4) is 0 Å². The predicted molar refractivity (Wildman–Crippen MR) is 147 cm³/mol. The number of furan rings is 1. The Bertz CT molecular complexity index is 1470. The van der Waals surface area contributed by atoms with Gasteiger partial charge < -0.3 is 34.7 Å². The Kier molecular flexibility index (Phi) is 7.80. The third-order valence-corrected chi connectivity index (χ3v) is 7.21. The number of nitrogen functional groups attached to an aromatic ring is 1. The number of nitrogens with one attached hydrogen (secondary N) is 1. The fraction of sp³-hybridized carbons (Fsp3) is 0.462. The van der Waals surface area contributed by atoms with Crippen LogP contribution in [0.4, 0.5) is 26.4 Å². The van der Waals surface area contributed by atoms with E-state index in [1.807, 2.05) is 16.8 Å².